The van der Waals surface area contributed by atoms with Crippen LogP contribution in [0.3, 0.4) is 0 Å². The van der Waals surface area contributed by atoms with Crippen molar-refractivity contribution in [1.82, 2.24) is 9.97 Å². The lowest BCUT2D eigenvalue weighted by molar-refractivity contribution is 0.108. The van der Waals surface area contributed by atoms with Crippen LogP contribution in [0, 0.1) is 0 Å². The van der Waals surface area contributed by atoms with Crippen LogP contribution in [0.15, 0.2) is 29.1 Å². The predicted octanol–water partition coefficient (Wildman–Crippen LogP) is 1.18. The van der Waals surface area contributed by atoms with Gasteiger partial charge in [0.05, 0.1) is 37.3 Å². The molecule has 2 aliphatic rings. The summed E-state index contributed by atoms with van der Waals surface area (Å²) in [5.41, 5.74) is 2.57. The van der Waals surface area contributed by atoms with Crippen LogP contribution < -0.4 is 20.1 Å². The number of anilines is 2. The first-order chi connectivity index (χ1) is 12.3. The van der Waals surface area contributed by atoms with E-state index >= 15 is 0 Å². The quantitative estimate of drug-likeness (QED) is 0.903. The summed E-state index contributed by atoms with van der Waals surface area (Å²) in [6.07, 6.45) is 0.702. The topological polar surface area (TPSA) is 70.7 Å². The third-order valence-corrected chi connectivity index (χ3v) is 4.82. The standard InChI is InChI=1S/C18H22N4O3/c1-24-16-5-3-2-4-15(16)21-7-9-22(10-8-21)18-19-14-6-11-25-12-13(14)17(23)20-18/h2-5H,6-12H2,1H3,(H,19,20,23). The molecular weight excluding hydrogens is 320 g/mol. The van der Waals surface area contributed by atoms with Crippen molar-refractivity contribution in [2.75, 3.05) is 49.7 Å². The fourth-order valence-corrected chi connectivity index (χ4v) is 3.43. The normalized spacial score (nSPS) is 17.3. The summed E-state index contributed by atoms with van der Waals surface area (Å²) >= 11 is 0. The minimum absolute atomic E-state index is 0.0770. The summed E-state index contributed by atoms with van der Waals surface area (Å²) in [6, 6.07) is 8.05. The second-order valence-corrected chi connectivity index (χ2v) is 6.26. The molecule has 25 heavy (non-hydrogen) atoms. The van der Waals surface area contributed by atoms with E-state index in [0.717, 1.165) is 43.3 Å². The second-order valence-electron chi connectivity index (χ2n) is 6.26. The van der Waals surface area contributed by atoms with Gasteiger partial charge >= 0.3 is 0 Å². The van der Waals surface area contributed by atoms with Crippen molar-refractivity contribution in [3.8, 4) is 5.75 Å². The van der Waals surface area contributed by atoms with Gasteiger partial charge in [-0.05, 0) is 12.1 Å². The van der Waals surface area contributed by atoms with Gasteiger partial charge in [0.15, 0.2) is 0 Å². The fraction of sp³-hybridized carbons (Fsp3) is 0.444. The van der Waals surface area contributed by atoms with E-state index in [0.29, 0.717) is 31.1 Å². The molecule has 0 radical (unpaired) electrons. The van der Waals surface area contributed by atoms with Crippen molar-refractivity contribution in [3.63, 3.8) is 0 Å². The van der Waals surface area contributed by atoms with E-state index in [4.69, 9.17) is 9.47 Å². The van der Waals surface area contributed by atoms with Gasteiger partial charge in [0.2, 0.25) is 5.95 Å². The first kappa shape index (κ1) is 16.0. The number of rotatable bonds is 3. The van der Waals surface area contributed by atoms with E-state index in [-0.39, 0.29) is 5.56 Å². The lowest BCUT2D eigenvalue weighted by Crippen LogP contribution is -2.47. The Morgan fingerprint density at radius 3 is 2.72 bits per heavy atom. The van der Waals surface area contributed by atoms with Crippen molar-refractivity contribution in [1.29, 1.82) is 0 Å². The molecule has 2 aromatic rings. The zero-order valence-corrected chi connectivity index (χ0v) is 14.3. The van der Waals surface area contributed by atoms with Crippen LogP contribution in [-0.4, -0.2) is 49.9 Å². The van der Waals surface area contributed by atoms with Crippen molar-refractivity contribution in [3.05, 3.63) is 45.9 Å². The van der Waals surface area contributed by atoms with E-state index < -0.39 is 0 Å². The number of ether oxygens (including phenoxy) is 2. The van der Waals surface area contributed by atoms with Crippen LogP contribution in [-0.2, 0) is 17.8 Å². The monoisotopic (exact) mass is 342 g/mol. The maximum absolute atomic E-state index is 12.3. The lowest BCUT2D eigenvalue weighted by Gasteiger charge is -2.37. The minimum Gasteiger partial charge on any atom is -0.495 e. The highest BCUT2D eigenvalue weighted by Gasteiger charge is 2.23. The van der Waals surface area contributed by atoms with Crippen LogP contribution >= 0.6 is 0 Å². The maximum atomic E-state index is 12.3. The van der Waals surface area contributed by atoms with Crippen molar-refractivity contribution in [2.45, 2.75) is 13.0 Å². The molecule has 1 saturated heterocycles. The molecular formula is C18H22N4O3. The molecule has 0 saturated carbocycles. The number of aromatic amines is 1. The molecule has 2 aliphatic heterocycles. The van der Waals surface area contributed by atoms with Gasteiger partial charge in [-0.3, -0.25) is 9.78 Å². The number of piperazine rings is 1. The van der Waals surface area contributed by atoms with Crippen molar-refractivity contribution >= 4 is 11.6 Å². The van der Waals surface area contributed by atoms with Gasteiger partial charge in [0.25, 0.3) is 5.56 Å². The number of benzene rings is 1. The van der Waals surface area contributed by atoms with E-state index in [1.807, 2.05) is 18.2 Å². The molecule has 0 atom stereocenters. The van der Waals surface area contributed by atoms with Crippen LogP contribution in [0.2, 0.25) is 0 Å². The van der Waals surface area contributed by atoms with E-state index in [2.05, 4.69) is 25.8 Å². The molecule has 1 N–H and O–H groups in total. The largest absolute Gasteiger partial charge is 0.495 e. The highest BCUT2D eigenvalue weighted by atomic mass is 16.5. The van der Waals surface area contributed by atoms with Crippen LogP contribution in [0.25, 0.3) is 0 Å². The Kier molecular flexibility index (Phi) is 4.31. The summed E-state index contributed by atoms with van der Waals surface area (Å²) < 4.78 is 10.8. The SMILES string of the molecule is COc1ccccc1N1CCN(c2nc3c(c(=O)[nH]2)COCC3)CC1. The number of para-hydroxylation sites is 2. The van der Waals surface area contributed by atoms with Gasteiger partial charge in [-0.25, -0.2) is 4.98 Å². The number of nitrogens with one attached hydrogen (secondary N) is 1. The number of H-pyrrole nitrogens is 1. The third kappa shape index (κ3) is 3.07. The molecule has 0 bridgehead atoms. The Morgan fingerprint density at radius 2 is 1.92 bits per heavy atom. The molecule has 0 amide bonds. The summed E-state index contributed by atoms with van der Waals surface area (Å²) in [5.74, 6) is 1.56. The van der Waals surface area contributed by atoms with Crippen molar-refractivity contribution < 1.29 is 9.47 Å². The van der Waals surface area contributed by atoms with Gasteiger partial charge in [-0.2, -0.15) is 0 Å². The Hall–Kier alpha value is -2.54. The van der Waals surface area contributed by atoms with Crippen LogP contribution in [0.5, 0.6) is 5.75 Å². The average molecular weight is 342 g/mol. The van der Waals surface area contributed by atoms with Gasteiger partial charge in [0, 0.05) is 32.6 Å². The predicted molar refractivity (Wildman–Crippen MR) is 95.6 cm³/mol. The third-order valence-electron chi connectivity index (χ3n) is 4.82. The van der Waals surface area contributed by atoms with Gasteiger partial charge in [0.1, 0.15) is 5.75 Å². The minimum atomic E-state index is -0.0770. The Morgan fingerprint density at radius 1 is 1.16 bits per heavy atom. The molecule has 1 aromatic heterocycles. The number of hydrogen-bond acceptors (Lipinski definition) is 6. The fourth-order valence-electron chi connectivity index (χ4n) is 3.43. The molecule has 132 valence electrons. The lowest BCUT2D eigenvalue weighted by atomic mass is 10.1. The molecule has 1 fully saturated rings. The first-order valence-electron chi connectivity index (χ1n) is 8.59. The van der Waals surface area contributed by atoms with Gasteiger partial charge in [-0.1, -0.05) is 12.1 Å². The number of nitrogens with zero attached hydrogens (tertiary/aromatic N) is 3. The summed E-state index contributed by atoms with van der Waals surface area (Å²) in [6.45, 7) is 4.30. The molecule has 0 unspecified atom stereocenters. The Labute approximate surface area is 146 Å². The van der Waals surface area contributed by atoms with E-state index in [9.17, 15) is 4.79 Å². The zero-order valence-electron chi connectivity index (χ0n) is 14.3. The molecule has 7 heteroatoms. The van der Waals surface area contributed by atoms with Crippen LogP contribution in [0.4, 0.5) is 11.6 Å². The number of hydrogen-bond donors (Lipinski definition) is 1. The highest BCUT2D eigenvalue weighted by molar-refractivity contribution is 5.59. The first-order valence-corrected chi connectivity index (χ1v) is 8.59. The van der Waals surface area contributed by atoms with E-state index in [1.165, 1.54) is 0 Å². The summed E-state index contributed by atoms with van der Waals surface area (Å²) in [4.78, 5) is 24.3. The number of methoxy groups -OCH3 is 1. The smallest absolute Gasteiger partial charge is 0.258 e. The molecule has 7 nitrogen and oxygen atoms in total. The molecule has 0 aliphatic carbocycles. The molecule has 3 heterocycles. The average Bonchev–Trinajstić information content (AvgIpc) is 2.68. The number of fused-ring (bicyclic) bond motifs is 1. The second kappa shape index (κ2) is 6.76. The van der Waals surface area contributed by atoms with Crippen LogP contribution in [0.1, 0.15) is 11.3 Å². The zero-order chi connectivity index (χ0) is 17.2. The van der Waals surface area contributed by atoms with Gasteiger partial charge < -0.3 is 19.3 Å². The van der Waals surface area contributed by atoms with Crippen molar-refractivity contribution in [2.24, 2.45) is 0 Å². The Bertz CT molecular complexity index is 812. The molecule has 0 spiro atoms. The highest BCUT2D eigenvalue weighted by Crippen LogP contribution is 2.28. The summed E-state index contributed by atoms with van der Waals surface area (Å²) in [7, 11) is 1.70. The summed E-state index contributed by atoms with van der Waals surface area (Å²) in [5, 5.41) is 0. The molecule has 1 aromatic carbocycles. The van der Waals surface area contributed by atoms with Gasteiger partial charge in [-0.15, -0.1) is 0 Å². The maximum Gasteiger partial charge on any atom is 0.258 e. The Balaban J connectivity index is 1.51. The number of aromatic nitrogens is 2. The van der Waals surface area contributed by atoms with E-state index in [1.54, 1.807) is 7.11 Å². The molecule has 4 rings (SSSR count).